The highest BCUT2D eigenvalue weighted by molar-refractivity contribution is 5.78. The molecule has 0 aromatic rings. The maximum Gasteiger partial charge on any atom is 0.312 e. The predicted molar refractivity (Wildman–Crippen MR) is 542 cm³/mol. The van der Waals surface area contributed by atoms with Crippen molar-refractivity contribution in [3.8, 4) is 0 Å². The van der Waals surface area contributed by atoms with Crippen molar-refractivity contribution in [1.29, 1.82) is 0 Å². The Bertz CT molecular complexity index is 3130. The van der Waals surface area contributed by atoms with Crippen LogP contribution in [0.2, 0.25) is 0 Å². The standard InChI is InChI=1S/C19H34O2.C19H36O2.2C14H26O2.C13H24O2.3C12H22O2/c1-4-6-12-19(21-18(20)15(3)5-2)13-11-16-9-7-8-10-17(16)14-19;1-6-18(4,5)17(20)21-19(7-2,8-3)16-14-12-10-9-11-13-15-16;1-5-13(3,4)12(15)16-14(6-2)10-8-7-9-11-14;1-4-12(2)13(15)16-14(3)10-8-6-5-7-9-11-14;1-4-11(2)12(14)15-13(3)9-7-5-6-8-10-13;1-5-11(2,3)10(13)14-12(4)8-6-7-9-12;1-4-10(2)11(13)14-12(3)8-6-5-7-9-12;1-4-10(3)11(13)14-12(5-2)8-6-7-9-12/h15-17H,4-14H2,1-3H3;16H,6-15H2,1-5H3;5-11H2,1-4H3;12H,4-11H2,1-3H3;11H,4-10H2,1-3H3;5-9H2,1-4H3;2*10H,4-9H2,1-3H3. The van der Waals surface area contributed by atoms with Crippen LogP contribution in [0.4, 0.5) is 0 Å². The topological polar surface area (TPSA) is 210 Å². The molecule has 0 spiro atoms. The van der Waals surface area contributed by atoms with E-state index >= 15 is 0 Å². The fraction of sp³-hybridized carbons (Fsp3) is 0.930. The van der Waals surface area contributed by atoms with Crippen LogP contribution in [0.5, 0.6) is 0 Å². The molecule has 9 saturated carbocycles. The Morgan fingerprint density at radius 2 is 0.534 bits per heavy atom. The van der Waals surface area contributed by atoms with Crippen LogP contribution in [0.15, 0.2) is 0 Å². The van der Waals surface area contributed by atoms with E-state index < -0.39 is 0 Å². The molecule has 0 saturated heterocycles. The van der Waals surface area contributed by atoms with Gasteiger partial charge in [-0.25, -0.2) is 0 Å². The molecule has 0 aliphatic heterocycles. The number of rotatable bonds is 32. The van der Waals surface area contributed by atoms with Crippen molar-refractivity contribution in [3.63, 3.8) is 0 Å². The van der Waals surface area contributed by atoms with Gasteiger partial charge in [-0.05, 0) is 363 Å². The highest BCUT2D eigenvalue weighted by Gasteiger charge is 2.47. The summed E-state index contributed by atoms with van der Waals surface area (Å²) in [5, 5.41) is 0. The minimum Gasteiger partial charge on any atom is -0.459 e. The summed E-state index contributed by atoms with van der Waals surface area (Å²) in [5.74, 6) is 2.46. The van der Waals surface area contributed by atoms with E-state index in [0.717, 1.165) is 185 Å². The average Bonchev–Trinajstić information content (AvgIpc) is 1.66. The van der Waals surface area contributed by atoms with E-state index in [-0.39, 0.29) is 138 Å². The van der Waals surface area contributed by atoms with Crippen LogP contribution >= 0.6 is 0 Å². The maximum atomic E-state index is 12.6. The van der Waals surface area contributed by atoms with Crippen molar-refractivity contribution in [2.24, 2.45) is 63.6 Å². The monoisotopic (exact) mass is 1850 g/mol. The van der Waals surface area contributed by atoms with Gasteiger partial charge in [0.2, 0.25) is 0 Å². The first-order valence-corrected chi connectivity index (χ1v) is 55.6. The number of unbranched alkanes of at least 4 members (excludes halogenated alkanes) is 1. The minimum atomic E-state index is -0.364. The maximum absolute atomic E-state index is 12.6. The molecule has 16 nitrogen and oxygen atoms in total. The third-order valence-corrected chi connectivity index (χ3v) is 33.4. The summed E-state index contributed by atoms with van der Waals surface area (Å²) in [6, 6.07) is 0. The molecule has 0 N–H and O–H groups in total. The van der Waals surface area contributed by atoms with E-state index in [9.17, 15) is 38.4 Å². The molecule has 131 heavy (non-hydrogen) atoms. The van der Waals surface area contributed by atoms with Crippen LogP contribution in [0.25, 0.3) is 0 Å². The Hall–Kier alpha value is -4.24. The summed E-state index contributed by atoms with van der Waals surface area (Å²) in [6.45, 7) is 57.2. The lowest BCUT2D eigenvalue weighted by Gasteiger charge is -2.46. The molecule has 768 valence electrons. The molecular formula is C115H212O16. The summed E-state index contributed by atoms with van der Waals surface area (Å²) in [7, 11) is 0. The van der Waals surface area contributed by atoms with Crippen LogP contribution in [0, 0.1) is 63.6 Å². The van der Waals surface area contributed by atoms with Crippen LogP contribution in [-0.2, 0) is 76.3 Å². The Morgan fingerprint density at radius 1 is 0.275 bits per heavy atom. The molecule has 9 fully saturated rings. The molecule has 9 rings (SSSR count). The lowest BCUT2D eigenvalue weighted by atomic mass is 9.64. The summed E-state index contributed by atoms with van der Waals surface area (Å²) >= 11 is 0. The lowest BCUT2D eigenvalue weighted by Crippen LogP contribution is -2.45. The third-order valence-electron chi connectivity index (χ3n) is 33.4. The van der Waals surface area contributed by atoms with E-state index in [1.54, 1.807) is 0 Å². The fourth-order valence-corrected chi connectivity index (χ4v) is 20.0. The van der Waals surface area contributed by atoms with E-state index in [2.05, 4.69) is 76.2 Å². The molecule has 0 amide bonds. The molecule has 0 radical (unpaired) electrons. The van der Waals surface area contributed by atoms with Gasteiger partial charge in [0.05, 0.1) is 45.8 Å². The Kier molecular flexibility index (Phi) is 58.1. The first kappa shape index (κ1) is 123. The quantitative estimate of drug-likeness (QED) is 0.0348. The average molecular weight is 1850 g/mol. The van der Waals surface area contributed by atoms with Gasteiger partial charge in [-0.2, -0.15) is 0 Å². The van der Waals surface area contributed by atoms with Crippen LogP contribution in [0.1, 0.15) is 579 Å². The predicted octanol–water partition coefficient (Wildman–Crippen LogP) is 33.1. The normalized spacial score (nSPS) is 23.4. The Balaban J connectivity index is 0.000000509. The molecular weight excluding hydrogens is 1640 g/mol. The second kappa shape index (κ2) is 61.9. The summed E-state index contributed by atoms with van der Waals surface area (Å²) in [6.07, 6.45) is 68.3. The van der Waals surface area contributed by atoms with Crippen molar-refractivity contribution in [1.82, 2.24) is 0 Å². The molecule has 0 bridgehead atoms. The zero-order chi connectivity index (χ0) is 98.8. The number of carbonyl (C=O) groups excluding carboxylic acids is 8. The van der Waals surface area contributed by atoms with Gasteiger partial charge in [0.25, 0.3) is 0 Å². The highest BCUT2D eigenvalue weighted by atomic mass is 16.6. The highest BCUT2D eigenvalue weighted by Crippen LogP contribution is 2.49. The van der Waals surface area contributed by atoms with Gasteiger partial charge in [0.15, 0.2) is 0 Å². The van der Waals surface area contributed by atoms with Crippen molar-refractivity contribution in [2.45, 2.75) is 624 Å². The third kappa shape index (κ3) is 44.2. The van der Waals surface area contributed by atoms with Crippen LogP contribution in [-0.4, -0.2) is 92.6 Å². The smallest absolute Gasteiger partial charge is 0.312 e. The van der Waals surface area contributed by atoms with E-state index in [1.165, 1.54) is 212 Å². The van der Waals surface area contributed by atoms with Gasteiger partial charge in [-0.15, -0.1) is 0 Å². The van der Waals surface area contributed by atoms with E-state index in [0.29, 0.717) is 5.92 Å². The second-order valence-corrected chi connectivity index (χ2v) is 45.8. The minimum absolute atomic E-state index is 0.00347. The summed E-state index contributed by atoms with van der Waals surface area (Å²) < 4.78 is 46.4. The van der Waals surface area contributed by atoms with Crippen molar-refractivity contribution in [2.75, 3.05) is 0 Å². The van der Waals surface area contributed by atoms with Crippen molar-refractivity contribution >= 4 is 47.8 Å². The first-order valence-electron chi connectivity index (χ1n) is 55.6. The zero-order valence-corrected chi connectivity index (χ0v) is 91.1. The first-order chi connectivity index (χ1) is 61.7. The molecule has 9 aliphatic carbocycles. The molecule has 0 aromatic carbocycles. The number of hydrogen-bond donors (Lipinski definition) is 0. The number of hydrogen-bond acceptors (Lipinski definition) is 16. The van der Waals surface area contributed by atoms with Crippen molar-refractivity contribution < 1.29 is 76.3 Å². The van der Waals surface area contributed by atoms with E-state index in [4.69, 9.17) is 37.9 Å². The van der Waals surface area contributed by atoms with Gasteiger partial charge in [0.1, 0.15) is 44.8 Å². The van der Waals surface area contributed by atoms with Crippen LogP contribution < -0.4 is 0 Å². The zero-order valence-electron chi connectivity index (χ0n) is 91.1. The van der Waals surface area contributed by atoms with E-state index in [1.807, 2.05) is 118 Å². The number of esters is 8. The molecule has 8 unspecified atom stereocenters. The molecule has 8 atom stereocenters. The van der Waals surface area contributed by atoms with Crippen LogP contribution in [0.3, 0.4) is 0 Å². The van der Waals surface area contributed by atoms with Gasteiger partial charge in [-0.3, -0.25) is 38.4 Å². The molecule has 0 heterocycles. The van der Waals surface area contributed by atoms with Gasteiger partial charge in [0, 0.05) is 0 Å². The SMILES string of the molecule is CCC(C)(C)C(=O)OC(CC)(CC)C1CCCCCCC1.CCC(C)(C)C(=O)OC1(C)CCCC1.CCC(C)C(=O)OC1(C)CCCCC1.CCC(C)C(=O)OC1(C)CCCCCC1.CCC(C)C(=O)OC1(C)CCCCCCC1.CCC(C)C(=O)OC1(CC)CCCC1.CCC1(OC(=O)C(C)(C)CC)CCCCC1.CCCCC1(OC(=O)C(C)CC)CCC2CCCCC2C1. The number of carbonyl (C=O) groups is 8. The molecule has 16 heteroatoms. The molecule has 0 aromatic heterocycles. The lowest BCUT2D eigenvalue weighted by molar-refractivity contribution is -0.180. The largest absolute Gasteiger partial charge is 0.459 e. The fourth-order valence-electron chi connectivity index (χ4n) is 20.0. The summed E-state index contributed by atoms with van der Waals surface area (Å²) in [4.78, 5) is 95.8. The van der Waals surface area contributed by atoms with Gasteiger partial charge < -0.3 is 37.9 Å². The molecule has 9 aliphatic rings. The Morgan fingerprint density at radius 3 is 0.863 bits per heavy atom. The number of fused-ring (bicyclic) bond motifs is 1. The second-order valence-electron chi connectivity index (χ2n) is 45.8. The number of ether oxygens (including phenoxy) is 8. The van der Waals surface area contributed by atoms with Crippen molar-refractivity contribution in [3.05, 3.63) is 0 Å². The summed E-state index contributed by atoms with van der Waals surface area (Å²) in [5.41, 5.74) is -2.37. The van der Waals surface area contributed by atoms with Gasteiger partial charge in [-0.1, -0.05) is 234 Å². The van der Waals surface area contributed by atoms with Gasteiger partial charge >= 0.3 is 47.8 Å². The Labute approximate surface area is 807 Å².